The second-order valence-electron chi connectivity index (χ2n) is 9.11. The maximum absolute atomic E-state index is 14.0. The molecule has 0 spiro atoms. The number of aryl methyl sites for hydroxylation is 1. The van der Waals surface area contributed by atoms with E-state index in [2.05, 4.69) is 21.2 Å². The van der Waals surface area contributed by atoms with Crippen LogP contribution in [0.1, 0.15) is 31.4 Å². The van der Waals surface area contributed by atoms with Crippen LogP contribution in [0.25, 0.3) is 0 Å². The van der Waals surface area contributed by atoms with Gasteiger partial charge in [-0.05, 0) is 84.2 Å². The number of hydrogen-bond donors (Lipinski definition) is 1. The smallest absolute Gasteiger partial charge is 0.264 e. The Hall–Kier alpha value is -3.44. The molecule has 0 radical (unpaired) electrons. The number of halogens is 2. The third-order valence-corrected chi connectivity index (χ3v) is 8.70. The Morgan fingerprint density at radius 3 is 2.23 bits per heavy atom. The van der Waals surface area contributed by atoms with Gasteiger partial charge >= 0.3 is 0 Å². The third kappa shape index (κ3) is 7.39. The number of anilines is 1. The fourth-order valence-corrected chi connectivity index (χ4v) is 6.31. The molecule has 0 unspecified atom stereocenters. The molecule has 8 nitrogen and oxygen atoms in total. The van der Waals surface area contributed by atoms with E-state index in [0.717, 1.165) is 9.87 Å². The molecule has 0 bridgehead atoms. The lowest BCUT2D eigenvalue weighted by Crippen LogP contribution is -2.52. The van der Waals surface area contributed by atoms with Gasteiger partial charge in [-0.3, -0.25) is 13.9 Å². The molecule has 0 aliphatic heterocycles. The number of rotatable bonds is 12. The Labute approximate surface area is 243 Å². The topological polar surface area (TPSA) is 96.0 Å². The molecule has 0 saturated carbocycles. The van der Waals surface area contributed by atoms with Gasteiger partial charge in [-0.15, -0.1) is 0 Å². The zero-order valence-corrected chi connectivity index (χ0v) is 25.3. The van der Waals surface area contributed by atoms with Gasteiger partial charge in [0, 0.05) is 13.1 Å². The third-order valence-electron chi connectivity index (χ3n) is 6.32. The minimum absolute atomic E-state index is 0.00930. The van der Waals surface area contributed by atoms with Crippen molar-refractivity contribution >= 4 is 43.5 Å². The molecule has 0 fully saturated rings. The van der Waals surface area contributed by atoms with Crippen molar-refractivity contribution in [2.75, 3.05) is 24.5 Å². The number of nitrogens with one attached hydrogen (secondary N) is 1. The average Bonchev–Trinajstić information content (AvgIpc) is 2.93. The number of amides is 2. The standard InChI is InChI=1S/C29H33BrFN3O5S/c1-5-26(29(36)32-6-2)33(18-21-9-11-22(31)12-10-21)28(35)19-34(23-13-7-20(3)8-14-23)40(37,38)24-15-16-27(39-4)25(30)17-24/h7-17,26H,5-6,18-19H2,1-4H3,(H,32,36)/t26-/m1/s1. The number of carbonyl (C=O) groups is 2. The molecular weight excluding hydrogens is 601 g/mol. The number of methoxy groups -OCH3 is 1. The molecule has 2 amide bonds. The largest absolute Gasteiger partial charge is 0.496 e. The van der Waals surface area contributed by atoms with Gasteiger partial charge in [0.1, 0.15) is 24.2 Å². The van der Waals surface area contributed by atoms with E-state index in [-0.39, 0.29) is 17.3 Å². The molecule has 1 atom stereocenters. The van der Waals surface area contributed by atoms with E-state index in [4.69, 9.17) is 4.74 Å². The predicted molar refractivity (Wildman–Crippen MR) is 156 cm³/mol. The van der Waals surface area contributed by atoms with Crippen molar-refractivity contribution in [2.45, 2.75) is 44.7 Å². The first-order valence-electron chi connectivity index (χ1n) is 12.8. The Morgan fingerprint density at radius 1 is 1.02 bits per heavy atom. The highest BCUT2D eigenvalue weighted by Gasteiger charge is 2.33. The van der Waals surface area contributed by atoms with Crippen molar-refractivity contribution in [3.63, 3.8) is 0 Å². The van der Waals surface area contributed by atoms with Gasteiger partial charge in [0.15, 0.2) is 0 Å². The first kappa shape index (κ1) is 31.1. The normalized spacial score (nSPS) is 11.9. The van der Waals surface area contributed by atoms with E-state index in [1.54, 1.807) is 38.1 Å². The molecule has 3 aromatic rings. The van der Waals surface area contributed by atoms with Crippen LogP contribution in [0.5, 0.6) is 5.75 Å². The van der Waals surface area contributed by atoms with Crippen molar-refractivity contribution in [2.24, 2.45) is 0 Å². The minimum Gasteiger partial charge on any atom is -0.496 e. The number of nitrogens with zero attached hydrogens (tertiary/aromatic N) is 2. The number of hydrogen-bond acceptors (Lipinski definition) is 5. The van der Waals surface area contributed by atoms with Crippen molar-refractivity contribution in [1.82, 2.24) is 10.2 Å². The highest BCUT2D eigenvalue weighted by Crippen LogP contribution is 2.31. The van der Waals surface area contributed by atoms with Gasteiger partial charge in [-0.1, -0.05) is 36.8 Å². The van der Waals surface area contributed by atoms with Crippen LogP contribution in [-0.2, 0) is 26.2 Å². The fraction of sp³-hybridized carbons (Fsp3) is 0.310. The monoisotopic (exact) mass is 633 g/mol. The number of benzene rings is 3. The number of carbonyl (C=O) groups excluding carboxylic acids is 2. The zero-order chi connectivity index (χ0) is 29.4. The van der Waals surface area contributed by atoms with Gasteiger partial charge in [0.05, 0.1) is 22.2 Å². The lowest BCUT2D eigenvalue weighted by Gasteiger charge is -2.33. The van der Waals surface area contributed by atoms with E-state index in [1.165, 1.54) is 54.5 Å². The SMILES string of the molecule is CCNC(=O)[C@@H](CC)N(Cc1ccc(F)cc1)C(=O)CN(c1ccc(C)cc1)S(=O)(=O)c1ccc(OC)c(Br)c1. The fourth-order valence-electron chi connectivity index (χ4n) is 4.17. The summed E-state index contributed by atoms with van der Waals surface area (Å²) in [6.07, 6.45) is 0.293. The molecule has 0 heterocycles. The van der Waals surface area contributed by atoms with Gasteiger partial charge < -0.3 is 15.0 Å². The summed E-state index contributed by atoms with van der Waals surface area (Å²) in [4.78, 5) is 28.2. The average molecular weight is 635 g/mol. The Balaban J connectivity index is 2.07. The molecule has 0 saturated heterocycles. The second kappa shape index (κ2) is 13.8. The molecule has 3 aromatic carbocycles. The highest BCUT2D eigenvalue weighted by molar-refractivity contribution is 9.10. The highest BCUT2D eigenvalue weighted by atomic mass is 79.9. The van der Waals surface area contributed by atoms with Crippen molar-refractivity contribution < 1.29 is 27.1 Å². The van der Waals surface area contributed by atoms with E-state index in [0.29, 0.717) is 34.4 Å². The molecule has 40 heavy (non-hydrogen) atoms. The van der Waals surface area contributed by atoms with Crippen LogP contribution in [0.15, 0.2) is 76.1 Å². The van der Waals surface area contributed by atoms with Crippen LogP contribution in [0.2, 0.25) is 0 Å². The van der Waals surface area contributed by atoms with Crippen molar-refractivity contribution in [3.05, 3.63) is 88.1 Å². The van der Waals surface area contributed by atoms with Crippen molar-refractivity contribution in [1.29, 1.82) is 0 Å². The number of likely N-dealkylation sites (N-methyl/N-ethyl adjacent to an activating group) is 1. The number of sulfonamides is 1. The Kier molecular flexibility index (Phi) is 10.7. The summed E-state index contributed by atoms with van der Waals surface area (Å²) in [5.41, 5.74) is 1.81. The van der Waals surface area contributed by atoms with E-state index < -0.39 is 34.3 Å². The van der Waals surface area contributed by atoms with E-state index in [1.807, 2.05) is 6.92 Å². The molecule has 214 valence electrons. The summed E-state index contributed by atoms with van der Waals surface area (Å²) in [6.45, 7) is 5.21. The molecule has 1 N–H and O–H groups in total. The van der Waals surface area contributed by atoms with Gasteiger partial charge in [0.25, 0.3) is 10.0 Å². The predicted octanol–water partition coefficient (Wildman–Crippen LogP) is 5.04. The maximum atomic E-state index is 14.0. The van der Waals surface area contributed by atoms with E-state index >= 15 is 0 Å². The van der Waals surface area contributed by atoms with Crippen LogP contribution in [0.3, 0.4) is 0 Å². The molecular formula is C29H33BrFN3O5S. The summed E-state index contributed by atoms with van der Waals surface area (Å²) < 4.78 is 48.2. The Morgan fingerprint density at radius 2 is 1.68 bits per heavy atom. The molecule has 0 aliphatic rings. The van der Waals surface area contributed by atoms with Crippen LogP contribution in [-0.4, -0.2) is 51.4 Å². The summed E-state index contributed by atoms with van der Waals surface area (Å²) in [7, 11) is -2.76. The maximum Gasteiger partial charge on any atom is 0.264 e. The molecule has 11 heteroatoms. The van der Waals surface area contributed by atoms with Crippen LogP contribution < -0.4 is 14.4 Å². The lowest BCUT2D eigenvalue weighted by molar-refractivity contribution is -0.140. The minimum atomic E-state index is -4.23. The van der Waals surface area contributed by atoms with Gasteiger partial charge in [0.2, 0.25) is 11.8 Å². The van der Waals surface area contributed by atoms with Crippen LogP contribution in [0, 0.1) is 12.7 Å². The van der Waals surface area contributed by atoms with Crippen LogP contribution >= 0.6 is 15.9 Å². The summed E-state index contributed by atoms with van der Waals surface area (Å²) in [6, 6.07) is 15.9. The first-order chi connectivity index (χ1) is 19.0. The quantitative estimate of drug-likeness (QED) is 0.301. The summed E-state index contributed by atoms with van der Waals surface area (Å²) >= 11 is 3.34. The Bertz CT molecular complexity index is 1430. The van der Waals surface area contributed by atoms with Gasteiger partial charge in [-0.2, -0.15) is 0 Å². The molecule has 0 aromatic heterocycles. The number of ether oxygens (including phenoxy) is 1. The van der Waals surface area contributed by atoms with Crippen LogP contribution in [0.4, 0.5) is 10.1 Å². The molecule has 3 rings (SSSR count). The first-order valence-corrected chi connectivity index (χ1v) is 15.0. The summed E-state index contributed by atoms with van der Waals surface area (Å²) in [5.74, 6) is -0.918. The summed E-state index contributed by atoms with van der Waals surface area (Å²) in [5, 5.41) is 2.75. The lowest BCUT2D eigenvalue weighted by atomic mass is 10.1. The molecule has 0 aliphatic carbocycles. The second-order valence-corrected chi connectivity index (χ2v) is 11.8. The van der Waals surface area contributed by atoms with Crippen molar-refractivity contribution in [3.8, 4) is 5.75 Å². The van der Waals surface area contributed by atoms with E-state index in [9.17, 15) is 22.4 Å². The van der Waals surface area contributed by atoms with Gasteiger partial charge in [-0.25, -0.2) is 12.8 Å². The zero-order valence-electron chi connectivity index (χ0n) is 22.9.